The molecule has 0 bridgehead atoms. The molecule has 0 aliphatic heterocycles. The SMILES string of the molecule is CCCCN(CC(=O)Nc1cc(C(C)(C)C)nn1-c1ccc(Cl)c(Cl)c1)C(=O)Cc1ccc(F)cc1. The van der Waals surface area contributed by atoms with E-state index in [9.17, 15) is 14.0 Å². The van der Waals surface area contributed by atoms with Gasteiger partial charge in [0, 0.05) is 18.0 Å². The zero-order valence-corrected chi connectivity index (χ0v) is 22.5. The molecule has 3 aromatic rings. The smallest absolute Gasteiger partial charge is 0.245 e. The van der Waals surface area contributed by atoms with Crippen LogP contribution in [-0.2, 0) is 21.4 Å². The van der Waals surface area contributed by atoms with Crippen molar-refractivity contribution in [2.45, 2.75) is 52.4 Å². The van der Waals surface area contributed by atoms with Crippen molar-refractivity contribution in [2.75, 3.05) is 18.4 Å². The number of carbonyl (C=O) groups is 2. The molecule has 1 heterocycles. The lowest BCUT2D eigenvalue weighted by Gasteiger charge is -2.22. The summed E-state index contributed by atoms with van der Waals surface area (Å²) >= 11 is 12.3. The Morgan fingerprint density at radius 3 is 2.36 bits per heavy atom. The number of aromatic nitrogens is 2. The van der Waals surface area contributed by atoms with Gasteiger partial charge in [-0.1, -0.05) is 69.5 Å². The van der Waals surface area contributed by atoms with E-state index < -0.39 is 0 Å². The number of rotatable bonds is 9. The number of halogens is 3. The van der Waals surface area contributed by atoms with E-state index in [1.165, 1.54) is 17.0 Å². The highest BCUT2D eigenvalue weighted by Gasteiger charge is 2.23. The van der Waals surface area contributed by atoms with E-state index in [1.54, 1.807) is 35.0 Å². The zero-order valence-electron chi connectivity index (χ0n) is 20.9. The summed E-state index contributed by atoms with van der Waals surface area (Å²) in [6.07, 6.45) is 1.73. The highest BCUT2D eigenvalue weighted by molar-refractivity contribution is 6.42. The molecular weight excluding hydrogens is 502 g/mol. The maximum absolute atomic E-state index is 13.2. The third kappa shape index (κ3) is 7.31. The predicted molar refractivity (Wildman–Crippen MR) is 143 cm³/mol. The Bertz CT molecular complexity index is 1220. The summed E-state index contributed by atoms with van der Waals surface area (Å²) < 4.78 is 14.8. The molecular formula is C27H31Cl2FN4O2. The van der Waals surface area contributed by atoms with Crippen LogP contribution in [0.3, 0.4) is 0 Å². The summed E-state index contributed by atoms with van der Waals surface area (Å²) in [7, 11) is 0. The van der Waals surface area contributed by atoms with E-state index in [1.807, 2.05) is 33.8 Å². The number of benzene rings is 2. The van der Waals surface area contributed by atoms with Crippen LogP contribution in [0.25, 0.3) is 5.69 Å². The number of nitrogens with zero attached hydrogens (tertiary/aromatic N) is 3. The molecule has 0 spiro atoms. The average molecular weight is 533 g/mol. The fourth-order valence-corrected chi connectivity index (χ4v) is 3.83. The number of amides is 2. The number of nitrogens with one attached hydrogen (secondary N) is 1. The summed E-state index contributed by atoms with van der Waals surface area (Å²) in [5.41, 5.74) is 1.85. The quantitative estimate of drug-likeness (QED) is 0.345. The van der Waals surface area contributed by atoms with Gasteiger partial charge in [0.05, 0.1) is 34.4 Å². The summed E-state index contributed by atoms with van der Waals surface area (Å²) in [4.78, 5) is 27.6. The van der Waals surface area contributed by atoms with E-state index in [2.05, 4.69) is 5.32 Å². The van der Waals surface area contributed by atoms with Crippen LogP contribution in [0.2, 0.25) is 10.0 Å². The van der Waals surface area contributed by atoms with Crippen LogP contribution in [-0.4, -0.2) is 39.6 Å². The molecule has 1 aromatic heterocycles. The Balaban J connectivity index is 1.82. The van der Waals surface area contributed by atoms with Crippen molar-refractivity contribution in [3.8, 4) is 5.69 Å². The maximum atomic E-state index is 13.2. The van der Waals surface area contributed by atoms with Gasteiger partial charge in [0.1, 0.15) is 11.6 Å². The maximum Gasteiger partial charge on any atom is 0.245 e. The molecule has 2 aromatic carbocycles. The van der Waals surface area contributed by atoms with E-state index in [4.69, 9.17) is 28.3 Å². The number of anilines is 1. The second-order valence-corrected chi connectivity index (χ2v) is 10.5. The molecule has 0 fully saturated rings. The third-order valence-corrected chi connectivity index (χ3v) is 6.37. The Morgan fingerprint density at radius 2 is 1.75 bits per heavy atom. The average Bonchev–Trinajstić information content (AvgIpc) is 3.24. The van der Waals surface area contributed by atoms with Gasteiger partial charge >= 0.3 is 0 Å². The third-order valence-electron chi connectivity index (χ3n) is 5.63. The summed E-state index contributed by atoms with van der Waals surface area (Å²) in [6, 6.07) is 12.7. The van der Waals surface area contributed by atoms with Gasteiger partial charge in [-0.3, -0.25) is 9.59 Å². The normalized spacial score (nSPS) is 11.4. The highest BCUT2D eigenvalue weighted by atomic mass is 35.5. The number of hydrogen-bond acceptors (Lipinski definition) is 3. The molecule has 0 aliphatic rings. The van der Waals surface area contributed by atoms with Gasteiger partial charge in [-0.2, -0.15) is 5.10 Å². The van der Waals surface area contributed by atoms with Crippen molar-refractivity contribution in [2.24, 2.45) is 0 Å². The van der Waals surface area contributed by atoms with Crippen molar-refractivity contribution < 1.29 is 14.0 Å². The van der Waals surface area contributed by atoms with Crippen molar-refractivity contribution in [3.63, 3.8) is 0 Å². The minimum Gasteiger partial charge on any atom is -0.333 e. The van der Waals surface area contributed by atoms with Crippen molar-refractivity contribution >= 4 is 40.8 Å². The lowest BCUT2D eigenvalue weighted by atomic mass is 9.92. The Hall–Kier alpha value is -2.90. The van der Waals surface area contributed by atoms with Gasteiger partial charge in [0.15, 0.2) is 0 Å². The van der Waals surface area contributed by atoms with Crippen LogP contribution in [0, 0.1) is 5.82 Å². The zero-order chi connectivity index (χ0) is 26.5. The van der Waals surface area contributed by atoms with Crippen LogP contribution in [0.15, 0.2) is 48.5 Å². The lowest BCUT2D eigenvalue weighted by molar-refractivity contribution is -0.134. The number of unbranched alkanes of at least 4 members (excludes halogenated alkanes) is 1. The fraction of sp³-hybridized carbons (Fsp3) is 0.370. The second kappa shape index (κ2) is 11.9. The van der Waals surface area contributed by atoms with E-state index >= 15 is 0 Å². The van der Waals surface area contributed by atoms with Gasteiger partial charge in [-0.25, -0.2) is 9.07 Å². The van der Waals surface area contributed by atoms with Crippen molar-refractivity contribution in [1.29, 1.82) is 0 Å². The molecule has 0 atom stereocenters. The standard InChI is InChI=1S/C27H31Cl2FN4O2/c1-5-6-13-33(26(36)14-18-7-9-19(30)10-8-18)17-25(35)31-24-16-23(27(2,3)4)32-34(24)20-11-12-21(28)22(29)15-20/h7-12,15-16H,5-6,13-14,17H2,1-4H3,(H,31,35). The molecule has 192 valence electrons. The molecule has 6 nitrogen and oxygen atoms in total. The molecule has 0 aliphatic carbocycles. The van der Waals surface area contributed by atoms with Gasteiger partial charge in [0.25, 0.3) is 0 Å². The Labute approximate surface area is 221 Å². The molecule has 0 saturated heterocycles. The minimum atomic E-state index is -0.360. The lowest BCUT2D eigenvalue weighted by Crippen LogP contribution is -2.39. The fourth-order valence-electron chi connectivity index (χ4n) is 3.54. The van der Waals surface area contributed by atoms with Crippen LogP contribution in [0.5, 0.6) is 0 Å². The first-order valence-corrected chi connectivity index (χ1v) is 12.6. The summed E-state index contributed by atoms with van der Waals surface area (Å²) in [5, 5.41) is 8.39. The van der Waals surface area contributed by atoms with Crippen molar-refractivity contribution in [3.05, 3.63) is 75.7 Å². The van der Waals surface area contributed by atoms with Gasteiger partial charge < -0.3 is 10.2 Å². The van der Waals surface area contributed by atoms with Gasteiger partial charge in [0.2, 0.25) is 11.8 Å². The topological polar surface area (TPSA) is 67.2 Å². The van der Waals surface area contributed by atoms with Gasteiger partial charge in [-0.15, -0.1) is 0 Å². The van der Waals surface area contributed by atoms with Crippen LogP contribution in [0.4, 0.5) is 10.2 Å². The van der Waals surface area contributed by atoms with Crippen LogP contribution < -0.4 is 5.32 Å². The Morgan fingerprint density at radius 1 is 1.06 bits per heavy atom. The van der Waals surface area contributed by atoms with Crippen LogP contribution >= 0.6 is 23.2 Å². The van der Waals surface area contributed by atoms with E-state index in [0.29, 0.717) is 33.7 Å². The summed E-state index contributed by atoms with van der Waals surface area (Å²) in [6.45, 7) is 8.44. The number of carbonyl (C=O) groups excluding carboxylic acids is 2. The van der Waals surface area contributed by atoms with Gasteiger partial charge in [-0.05, 0) is 42.3 Å². The van der Waals surface area contributed by atoms with E-state index in [0.717, 1.165) is 18.5 Å². The number of hydrogen-bond donors (Lipinski definition) is 1. The summed E-state index contributed by atoms with van der Waals surface area (Å²) in [5.74, 6) is -0.440. The minimum absolute atomic E-state index is 0.0899. The predicted octanol–water partition coefficient (Wildman–Crippen LogP) is 6.43. The molecule has 36 heavy (non-hydrogen) atoms. The molecule has 1 N–H and O–H groups in total. The van der Waals surface area contributed by atoms with Crippen LogP contribution in [0.1, 0.15) is 51.8 Å². The van der Waals surface area contributed by atoms with Crippen molar-refractivity contribution in [1.82, 2.24) is 14.7 Å². The molecule has 3 rings (SSSR count). The molecule has 0 saturated carbocycles. The molecule has 2 amide bonds. The van der Waals surface area contributed by atoms with E-state index in [-0.39, 0.29) is 36.0 Å². The monoisotopic (exact) mass is 532 g/mol. The first-order valence-electron chi connectivity index (χ1n) is 11.9. The second-order valence-electron chi connectivity index (χ2n) is 9.70. The first kappa shape index (κ1) is 27.7. The molecule has 0 unspecified atom stereocenters. The largest absolute Gasteiger partial charge is 0.333 e. The Kier molecular flexibility index (Phi) is 9.14. The molecule has 0 radical (unpaired) electrons. The molecule has 9 heteroatoms. The first-order chi connectivity index (χ1) is 17.0. The highest BCUT2D eigenvalue weighted by Crippen LogP contribution is 2.29.